The Balaban J connectivity index is 2.52. The topological polar surface area (TPSA) is 37.0 Å². The lowest BCUT2D eigenvalue weighted by Gasteiger charge is -2.00. The van der Waals surface area contributed by atoms with E-state index >= 15 is 0 Å². The van der Waals surface area contributed by atoms with Crippen LogP contribution >= 0.6 is 15.9 Å². The van der Waals surface area contributed by atoms with Crippen molar-refractivity contribution in [1.29, 1.82) is 0 Å². The molecule has 2 heterocycles. The molecule has 0 aliphatic carbocycles. The van der Waals surface area contributed by atoms with Gasteiger partial charge in [0.25, 0.3) is 0 Å². The maximum atomic E-state index is 4.19. The molecule has 0 aromatic carbocycles. The molecular formula is C7H8BrN3. The molecule has 1 aromatic rings. The lowest BCUT2D eigenvalue weighted by molar-refractivity contribution is 0.687. The summed E-state index contributed by atoms with van der Waals surface area (Å²) in [4.78, 5) is 4.19. The van der Waals surface area contributed by atoms with E-state index in [4.69, 9.17) is 0 Å². The second-order valence-corrected chi connectivity index (χ2v) is 3.50. The van der Waals surface area contributed by atoms with Crippen molar-refractivity contribution in [2.75, 3.05) is 5.43 Å². The number of halogens is 1. The first kappa shape index (κ1) is 7.06. The maximum absolute atomic E-state index is 4.19. The van der Waals surface area contributed by atoms with Gasteiger partial charge >= 0.3 is 0 Å². The Hall–Kier alpha value is -0.610. The Kier molecular flexibility index (Phi) is 1.58. The predicted octanol–water partition coefficient (Wildman–Crippen LogP) is 1.84. The van der Waals surface area contributed by atoms with Gasteiger partial charge in [0.15, 0.2) is 0 Å². The van der Waals surface area contributed by atoms with Crippen molar-refractivity contribution < 1.29 is 0 Å². The fourth-order valence-corrected chi connectivity index (χ4v) is 1.49. The molecular weight excluding hydrogens is 206 g/mol. The molecule has 4 heteroatoms. The smallest absolute Gasteiger partial charge is 0.145 e. The van der Waals surface area contributed by atoms with E-state index in [2.05, 4.69) is 44.8 Å². The Morgan fingerprint density at radius 1 is 1.64 bits per heavy atom. The number of nitrogens with zero attached hydrogens (tertiary/aromatic N) is 1. The van der Waals surface area contributed by atoms with Crippen LogP contribution in [0.2, 0.25) is 0 Å². The second-order valence-electron chi connectivity index (χ2n) is 2.58. The number of rotatable bonds is 0. The van der Waals surface area contributed by atoms with Crippen LogP contribution < -0.4 is 10.9 Å². The first-order chi connectivity index (χ1) is 5.27. The van der Waals surface area contributed by atoms with E-state index in [0.29, 0.717) is 6.04 Å². The zero-order chi connectivity index (χ0) is 7.84. The number of hydrogen-bond acceptors (Lipinski definition) is 3. The summed E-state index contributed by atoms with van der Waals surface area (Å²) in [5.41, 5.74) is 7.28. The highest BCUT2D eigenvalue weighted by atomic mass is 79.9. The number of anilines is 1. The van der Waals surface area contributed by atoms with Gasteiger partial charge < -0.3 is 5.43 Å². The van der Waals surface area contributed by atoms with E-state index < -0.39 is 0 Å². The van der Waals surface area contributed by atoms with E-state index in [1.54, 1.807) is 6.20 Å². The lowest BCUT2D eigenvalue weighted by atomic mass is 10.1. The van der Waals surface area contributed by atoms with Crippen LogP contribution in [0.25, 0.3) is 0 Å². The van der Waals surface area contributed by atoms with Gasteiger partial charge in [0, 0.05) is 16.2 Å². The average Bonchev–Trinajstić information content (AvgIpc) is 2.33. The number of aromatic nitrogens is 1. The quantitative estimate of drug-likeness (QED) is 0.691. The molecule has 1 aliphatic heterocycles. The number of nitrogens with one attached hydrogen (secondary N) is 2. The summed E-state index contributed by atoms with van der Waals surface area (Å²) in [6.45, 7) is 2.09. The van der Waals surface area contributed by atoms with Crippen LogP contribution in [-0.2, 0) is 0 Å². The van der Waals surface area contributed by atoms with E-state index in [9.17, 15) is 0 Å². The number of pyridine rings is 1. The van der Waals surface area contributed by atoms with Crippen LogP contribution in [0.4, 0.5) is 5.82 Å². The molecule has 0 spiro atoms. The normalized spacial score (nSPS) is 21.1. The zero-order valence-electron chi connectivity index (χ0n) is 6.06. The highest BCUT2D eigenvalue weighted by Gasteiger charge is 2.17. The van der Waals surface area contributed by atoms with Gasteiger partial charge in [0.1, 0.15) is 5.82 Å². The van der Waals surface area contributed by atoms with E-state index in [1.165, 1.54) is 5.56 Å². The van der Waals surface area contributed by atoms with Gasteiger partial charge in [-0.1, -0.05) is 0 Å². The Morgan fingerprint density at radius 2 is 2.45 bits per heavy atom. The molecule has 3 nitrogen and oxygen atoms in total. The van der Waals surface area contributed by atoms with Crippen LogP contribution in [0, 0.1) is 0 Å². The molecule has 0 bridgehead atoms. The van der Waals surface area contributed by atoms with Gasteiger partial charge in [-0.05, 0) is 28.9 Å². The Bertz CT molecular complexity index is 287. The molecule has 11 heavy (non-hydrogen) atoms. The van der Waals surface area contributed by atoms with Crippen molar-refractivity contribution in [3.8, 4) is 0 Å². The summed E-state index contributed by atoms with van der Waals surface area (Å²) in [5, 5.41) is 0. The summed E-state index contributed by atoms with van der Waals surface area (Å²) >= 11 is 3.37. The van der Waals surface area contributed by atoms with Crippen LogP contribution in [0.3, 0.4) is 0 Å². The van der Waals surface area contributed by atoms with Crippen molar-refractivity contribution in [2.45, 2.75) is 13.0 Å². The molecule has 1 unspecified atom stereocenters. The van der Waals surface area contributed by atoms with Gasteiger partial charge in [-0.2, -0.15) is 0 Å². The van der Waals surface area contributed by atoms with E-state index in [-0.39, 0.29) is 0 Å². The summed E-state index contributed by atoms with van der Waals surface area (Å²) in [6, 6.07) is 2.41. The standard InChI is InChI=1S/C7H8BrN3/c1-4-6-2-5(8)3-9-7(6)11-10-4/h2-4,10H,1H3,(H,9,11). The van der Waals surface area contributed by atoms with Crippen LogP contribution in [-0.4, -0.2) is 4.98 Å². The molecule has 1 atom stereocenters. The number of hydrazine groups is 1. The molecule has 2 N–H and O–H groups in total. The van der Waals surface area contributed by atoms with Crippen molar-refractivity contribution in [2.24, 2.45) is 0 Å². The van der Waals surface area contributed by atoms with Crippen molar-refractivity contribution in [1.82, 2.24) is 10.4 Å². The highest BCUT2D eigenvalue weighted by Crippen LogP contribution is 2.27. The van der Waals surface area contributed by atoms with Crippen molar-refractivity contribution >= 4 is 21.7 Å². The highest BCUT2D eigenvalue weighted by molar-refractivity contribution is 9.10. The molecule has 0 saturated heterocycles. The second kappa shape index (κ2) is 2.46. The Labute approximate surface area is 73.3 Å². The molecule has 0 amide bonds. The molecule has 0 fully saturated rings. The summed E-state index contributed by atoms with van der Waals surface area (Å²) in [6.07, 6.45) is 1.78. The average molecular weight is 214 g/mol. The first-order valence-corrected chi connectivity index (χ1v) is 4.23. The molecule has 1 aromatic heterocycles. The molecule has 1 aliphatic rings. The van der Waals surface area contributed by atoms with Crippen LogP contribution in [0.1, 0.15) is 18.5 Å². The first-order valence-electron chi connectivity index (χ1n) is 3.44. The minimum absolute atomic E-state index is 0.343. The Morgan fingerprint density at radius 3 is 3.27 bits per heavy atom. The van der Waals surface area contributed by atoms with Gasteiger partial charge in [-0.15, -0.1) is 0 Å². The third kappa shape index (κ3) is 1.12. The summed E-state index contributed by atoms with van der Waals surface area (Å²) in [5.74, 6) is 0.931. The van der Waals surface area contributed by atoms with E-state index in [1.807, 2.05) is 0 Å². The molecule has 0 saturated carbocycles. The fourth-order valence-electron chi connectivity index (χ4n) is 1.14. The van der Waals surface area contributed by atoms with Gasteiger partial charge in [-0.25, -0.2) is 10.4 Å². The van der Waals surface area contributed by atoms with Crippen LogP contribution in [0.5, 0.6) is 0 Å². The maximum Gasteiger partial charge on any atom is 0.145 e. The van der Waals surface area contributed by atoms with Crippen molar-refractivity contribution in [3.05, 3.63) is 22.3 Å². The third-order valence-corrected chi connectivity index (χ3v) is 2.19. The third-order valence-electron chi connectivity index (χ3n) is 1.76. The van der Waals surface area contributed by atoms with E-state index in [0.717, 1.165) is 10.3 Å². The van der Waals surface area contributed by atoms with Crippen LogP contribution in [0.15, 0.2) is 16.7 Å². The summed E-state index contributed by atoms with van der Waals surface area (Å²) in [7, 11) is 0. The number of hydrogen-bond donors (Lipinski definition) is 2. The minimum atomic E-state index is 0.343. The van der Waals surface area contributed by atoms with Gasteiger partial charge in [0.05, 0.1) is 6.04 Å². The summed E-state index contributed by atoms with van der Waals surface area (Å²) < 4.78 is 1.02. The zero-order valence-corrected chi connectivity index (χ0v) is 7.64. The number of fused-ring (bicyclic) bond motifs is 1. The minimum Gasteiger partial charge on any atom is -0.305 e. The molecule has 58 valence electrons. The SMILES string of the molecule is CC1NNc2ncc(Br)cc21. The van der Waals surface area contributed by atoms with Gasteiger partial charge in [0.2, 0.25) is 0 Å². The van der Waals surface area contributed by atoms with Gasteiger partial charge in [-0.3, -0.25) is 0 Å². The molecule has 0 radical (unpaired) electrons. The van der Waals surface area contributed by atoms with Crippen molar-refractivity contribution in [3.63, 3.8) is 0 Å². The molecule has 2 rings (SSSR count). The largest absolute Gasteiger partial charge is 0.305 e. The monoisotopic (exact) mass is 213 g/mol. The lowest BCUT2D eigenvalue weighted by Crippen LogP contribution is -2.15. The fraction of sp³-hybridized carbons (Fsp3) is 0.286. The predicted molar refractivity (Wildman–Crippen MR) is 47.1 cm³/mol.